The molecule has 0 aromatic heterocycles. The molecule has 0 aromatic rings. The van der Waals surface area contributed by atoms with Gasteiger partial charge in [-0.15, -0.1) is 0 Å². The lowest BCUT2D eigenvalue weighted by molar-refractivity contribution is -0.121. The highest BCUT2D eigenvalue weighted by Gasteiger charge is 2.17. The number of aliphatic hydroxyl groups excluding tert-OH is 1. The molecule has 0 fully saturated rings. The van der Waals surface area contributed by atoms with E-state index in [9.17, 15) is 4.79 Å². The van der Waals surface area contributed by atoms with Crippen molar-refractivity contribution in [1.29, 1.82) is 0 Å². The van der Waals surface area contributed by atoms with E-state index in [1.54, 1.807) is 0 Å². The zero-order valence-corrected chi connectivity index (χ0v) is 9.88. The van der Waals surface area contributed by atoms with E-state index in [0.29, 0.717) is 25.9 Å². The van der Waals surface area contributed by atoms with E-state index in [1.165, 1.54) is 0 Å². The molecule has 0 aliphatic carbocycles. The number of nitrogens with one attached hydrogen (secondary N) is 1. The Bertz CT molecular complexity index is 181. The Labute approximate surface area is 92.2 Å². The van der Waals surface area contributed by atoms with Gasteiger partial charge in [-0.1, -0.05) is 13.8 Å². The van der Waals surface area contributed by atoms with Crippen molar-refractivity contribution in [3.63, 3.8) is 0 Å². The Balaban J connectivity index is 3.60. The third kappa shape index (κ3) is 8.39. The van der Waals surface area contributed by atoms with Crippen LogP contribution >= 0.6 is 0 Å². The van der Waals surface area contributed by atoms with Gasteiger partial charge in [0.2, 0.25) is 5.91 Å². The minimum absolute atomic E-state index is 0.0635. The number of aliphatic hydroxyl groups is 1. The van der Waals surface area contributed by atoms with Gasteiger partial charge >= 0.3 is 0 Å². The van der Waals surface area contributed by atoms with Gasteiger partial charge in [0.15, 0.2) is 0 Å². The molecule has 0 unspecified atom stereocenters. The van der Waals surface area contributed by atoms with Gasteiger partial charge in [-0.05, 0) is 31.2 Å². The van der Waals surface area contributed by atoms with Gasteiger partial charge < -0.3 is 16.2 Å². The van der Waals surface area contributed by atoms with Gasteiger partial charge in [0.1, 0.15) is 0 Å². The summed E-state index contributed by atoms with van der Waals surface area (Å²) in [5.41, 5.74) is 5.63. The number of hydrogen-bond acceptors (Lipinski definition) is 3. The fourth-order valence-electron chi connectivity index (χ4n) is 1.36. The first kappa shape index (κ1) is 14.4. The summed E-state index contributed by atoms with van der Waals surface area (Å²) in [6.45, 7) is 5.60. The fraction of sp³-hybridized carbons (Fsp3) is 0.909. The van der Waals surface area contributed by atoms with E-state index in [2.05, 4.69) is 19.2 Å². The van der Waals surface area contributed by atoms with Crippen LogP contribution < -0.4 is 11.1 Å². The monoisotopic (exact) mass is 216 g/mol. The summed E-state index contributed by atoms with van der Waals surface area (Å²) >= 11 is 0. The molecule has 15 heavy (non-hydrogen) atoms. The highest BCUT2D eigenvalue weighted by Crippen LogP contribution is 2.25. The first-order valence-electron chi connectivity index (χ1n) is 5.59. The van der Waals surface area contributed by atoms with Crippen molar-refractivity contribution in [2.45, 2.75) is 39.5 Å². The number of nitrogens with two attached hydrogens (primary N) is 1. The van der Waals surface area contributed by atoms with E-state index < -0.39 is 0 Å². The van der Waals surface area contributed by atoms with Crippen LogP contribution in [-0.2, 0) is 4.79 Å². The van der Waals surface area contributed by atoms with E-state index >= 15 is 0 Å². The van der Waals surface area contributed by atoms with Crippen LogP contribution in [0.5, 0.6) is 0 Å². The molecule has 90 valence electrons. The lowest BCUT2D eigenvalue weighted by Gasteiger charge is -2.23. The number of hydrogen-bond donors (Lipinski definition) is 3. The molecule has 4 heteroatoms. The van der Waals surface area contributed by atoms with Crippen molar-refractivity contribution >= 4 is 5.91 Å². The second-order valence-corrected chi connectivity index (χ2v) is 4.63. The van der Waals surface area contributed by atoms with Crippen molar-refractivity contribution < 1.29 is 9.90 Å². The molecule has 0 aliphatic heterocycles. The lowest BCUT2D eigenvalue weighted by atomic mass is 9.84. The van der Waals surface area contributed by atoms with Gasteiger partial charge in [0.25, 0.3) is 0 Å². The minimum Gasteiger partial charge on any atom is -0.396 e. The zero-order valence-electron chi connectivity index (χ0n) is 9.88. The van der Waals surface area contributed by atoms with Crippen LogP contribution in [0.25, 0.3) is 0 Å². The number of carbonyl (C=O) groups is 1. The molecule has 4 N–H and O–H groups in total. The van der Waals surface area contributed by atoms with E-state index in [0.717, 1.165) is 12.8 Å². The Morgan fingerprint density at radius 2 is 2.07 bits per heavy atom. The first-order valence-corrected chi connectivity index (χ1v) is 5.59. The molecule has 4 nitrogen and oxygen atoms in total. The second-order valence-electron chi connectivity index (χ2n) is 4.63. The maximum absolute atomic E-state index is 11.3. The number of rotatable bonds is 8. The van der Waals surface area contributed by atoms with Crippen molar-refractivity contribution in [3.8, 4) is 0 Å². The van der Waals surface area contributed by atoms with Crippen molar-refractivity contribution in [2.75, 3.05) is 19.7 Å². The zero-order chi connectivity index (χ0) is 11.7. The molecule has 0 bridgehead atoms. The van der Waals surface area contributed by atoms with E-state index in [-0.39, 0.29) is 17.9 Å². The largest absolute Gasteiger partial charge is 0.396 e. The Morgan fingerprint density at radius 1 is 1.40 bits per heavy atom. The smallest absolute Gasteiger partial charge is 0.220 e. The summed E-state index contributed by atoms with van der Waals surface area (Å²) in [5, 5.41) is 11.3. The molecule has 0 aliphatic rings. The van der Waals surface area contributed by atoms with Gasteiger partial charge in [0, 0.05) is 19.6 Å². The maximum Gasteiger partial charge on any atom is 0.220 e. The Hall–Kier alpha value is -0.610. The average molecular weight is 216 g/mol. The van der Waals surface area contributed by atoms with Crippen molar-refractivity contribution in [2.24, 2.45) is 11.1 Å². The summed E-state index contributed by atoms with van der Waals surface area (Å²) < 4.78 is 0. The normalized spacial score (nSPS) is 11.5. The van der Waals surface area contributed by atoms with Crippen LogP contribution in [0.3, 0.4) is 0 Å². The van der Waals surface area contributed by atoms with Gasteiger partial charge in [-0.3, -0.25) is 4.79 Å². The van der Waals surface area contributed by atoms with Crippen LogP contribution in [0.2, 0.25) is 0 Å². The molecule has 0 rings (SSSR count). The molecule has 0 radical (unpaired) electrons. The van der Waals surface area contributed by atoms with Crippen molar-refractivity contribution in [3.05, 3.63) is 0 Å². The minimum atomic E-state index is 0.0635. The van der Waals surface area contributed by atoms with Gasteiger partial charge in [0.05, 0.1) is 0 Å². The fourth-order valence-corrected chi connectivity index (χ4v) is 1.36. The molecule has 0 saturated carbocycles. The predicted octanol–water partition coefficient (Wildman–Crippen LogP) is 0.640. The summed E-state index contributed by atoms with van der Waals surface area (Å²) in [7, 11) is 0. The van der Waals surface area contributed by atoms with Crippen LogP contribution in [-0.4, -0.2) is 30.7 Å². The summed E-state index contributed by atoms with van der Waals surface area (Å²) in [6.07, 6.45) is 2.96. The van der Waals surface area contributed by atoms with E-state index in [4.69, 9.17) is 10.8 Å². The van der Waals surface area contributed by atoms with Crippen LogP contribution in [0.15, 0.2) is 0 Å². The predicted molar refractivity (Wildman–Crippen MR) is 61.4 cm³/mol. The maximum atomic E-state index is 11.3. The van der Waals surface area contributed by atoms with Gasteiger partial charge in [-0.2, -0.15) is 0 Å². The van der Waals surface area contributed by atoms with Crippen LogP contribution in [0.1, 0.15) is 39.5 Å². The lowest BCUT2D eigenvalue weighted by Crippen LogP contribution is -2.27. The molecule has 1 amide bonds. The summed E-state index contributed by atoms with van der Waals surface area (Å²) in [5.74, 6) is 0.0635. The third-order valence-electron chi connectivity index (χ3n) is 2.51. The molecule has 0 aromatic carbocycles. The molecule has 0 atom stereocenters. The van der Waals surface area contributed by atoms with Crippen molar-refractivity contribution in [1.82, 2.24) is 5.32 Å². The first-order chi connectivity index (χ1) is 7.02. The SMILES string of the molecule is CC(C)(CCN)CCC(=O)NCCCO. The van der Waals surface area contributed by atoms with Crippen LogP contribution in [0.4, 0.5) is 0 Å². The standard InChI is InChI=1S/C11H24N2O2/c1-11(2,6-7-12)5-4-10(15)13-8-3-9-14/h14H,3-9,12H2,1-2H3,(H,13,15). The third-order valence-corrected chi connectivity index (χ3v) is 2.51. The Kier molecular flexibility index (Phi) is 7.34. The molecule has 0 heterocycles. The van der Waals surface area contributed by atoms with Crippen LogP contribution in [0, 0.1) is 5.41 Å². The molecular formula is C11H24N2O2. The summed E-state index contributed by atoms with van der Waals surface area (Å²) in [6, 6.07) is 0. The Morgan fingerprint density at radius 3 is 2.60 bits per heavy atom. The number of amides is 1. The molecular weight excluding hydrogens is 192 g/mol. The van der Waals surface area contributed by atoms with Gasteiger partial charge in [-0.25, -0.2) is 0 Å². The quantitative estimate of drug-likeness (QED) is 0.521. The number of carbonyl (C=O) groups excluding carboxylic acids is 1. The highest BCUT2D eigenvalue weighted by molar-refractivity contribution is 5.75. The molecule has 0 spiro atoms. The second kappa shape index (κ2) is 7.65. The molecule has 0 saturated heterocycles. The average Bonchev–Trinajstić information content (AvgIpc) is 2.15. The van der Waals surface area contributed by atoms with E-state index in [1.807, 2.05) is 0 Å². The summed E-state index contributed by atoms with van der Waals surface area (Å²) in [4.78, 5) is 11.3. The highest BCUT2D eigenvalue weighted by atomic mass is 16.3. The topological polar surface area (TPSA) is 75.4 Å².